The van der Waals surface area contributed by atoms with Gasteiger partial charge in [-0.25, -0.2) is 0 Å². The zero-order chi connectivity index (χ0) is 20.5. The molecule has 7 heteroatoms. The average molecular weight is 397 g/mol. The van der Waals surface area contributed by atoms with E-state index in [1.807, 2.05) is 42.5 Å². The fourth-order valence-electron chi connectivity index (χ4n) is 3.85. The molecule has 7 nitrogen and oxygen atoms in total. The molecule has 0 spiro atoms. The van der Waals surface area contributed by atoms with Crippen LogP contribution in [0.4, 0.5) is 0 Å². The third-order valence-corrected chi connectivity index (χ3v) is 5.28. The zero-order valence-corrected chi connectivity index (χ0v) is 16.1. The third-order valence-electron chi connectivity index (χ3n) is 5.28. The Kier molecular flexibility index (Phi) is 4.48. The highest BCUT2D eigenvalue weighted by atomic mass is 16.2. The van der Waals surface area contributed by atoms with Gasteiger partial charge in [0, 0.05) is 29.2 Å². The predicted molar refractivity (Wildman–Crippen MR) is 113 cm³/mol. The van der Waals surface area contributed by atoms with Crippen LogP contribution in [0.3, 0.4) is 0 Å². The Morgan fingerprint density at radius 2 is 1.67 bits per heavy atom. The van der Waals surface area contributed by atoms with E-state index in [1.54, 1.807) is 17.1 Å². The lowest BCUT2D eigenvalue weighted by atomic mass is 9.99. The van der Waals surface area contributed by atoms with Gasteiger partial charge >= 0.3 is 0 Å². The number of rotatable bonds is 6. The van der Waals surface area contributed by atoms with Crippen LogP contribution in [0.15, 0.2) is 67.0 Å². The number of aromatic nitrogens is 4. The highest BCUT2D eigenvalue weighted by molar-refractivity contribution is 6.49. The normalized spacial score (nSPS) is 14.0. The molecule has 2 aromatic heterocycles. The van der Waals surface area contributed by atoms with Crippen LogP contribution in [-0.2, 0) is 22.6 Å². The third kappa shape index (κ3) is 3.20. The predicted octanol–water partition coefficient (Wildman–Crippen LogP) is 2.96. The Morgan fingerprint density at radius 1 is 0.900 bits per heavy atom. The number of nitrogens with one attached hydrogen (secondary N) is 2. The summed E-state index contributed by atoms with van der Waals surface area (Å²) in [5.41, 5.74) is 3.84. The summed E-state index contributed by atoms with van der Waals surface area (Å²) in [5, 5.41) is 11.6. The summed E-state index contributed by atoms with van der Waals surface area (Å²) in [6, 6.07) is 17.9. The molecule has 0 unspecified atom stereocenters. The Morgan fingerprint density at radius 3 is 2.53 bits per heavy atom. The van der Waals surface area contributed by atoms with Crippen molar-refractivity contribution in [3.05, 3.63) is 83.8 Å². The number of hydrogen-bond acceptors (Lipinski definition) is 4. The summed E-state index contributed by atoms with van der Waals surface area (Å²) in [4.78, 5) is 28.3. The summed E-state index contributed by atoms with van der Waals surface area (Å²) < 4.78 is 1.72. The van der Waals surface area contributed by atoms with Crippen LogP contribution in [0, 0.1) is 0 Å². The lowest BCUT2D eigenvalue weighted by Crippen LogP contribution is -2.22. The number of carbonyl (C=O) groups is 2. The molecule has 1 aliphatic heterocycles. The van der Waals surface area contributed by atoms with Crippen molar-refractivity contribution in [1.29, 1.82) is 0 Å². The second-order valence-corrected chi connectivity index (χ2v) is 7.24. The molecule has 2 aromatic carbocycles. The van der Waals surface area contributed by atoms with Gasteiger partial charge < -0.3 is 4.98 Å². The lowest BCUT2D eigenvalue weighted by molar-refractivity contribution is -0.122. The van der Waals surface area contributed by atoms with E-state index in [0.717, 1.165) is 23.7 Å². The SMILES string of the molecule is O=C1NC(=O)C(c2c[nH]c3ccccc23)=C1c1cn(CCCc2ccccc2)nn1. The van der Waals surface area contributed by atoms with Crippen LogP contribution >= 0.6 is 0 Å². The van der Waals surface area contributed by atoms with Gasteiger partial charge in [0.2, 0.25) is 0 Å². The number of hydrogen-bond donors (Lipinski definition) is 2. The van der Waals surface area contributed by atoms with Crippen molar-refractivity contribution in [3.8, 4) is 0 Å². The van der Waals surface area contributed by atoms with Crippen molar-refractivity contribution in [2.75, 3.05) is 0 Å². The number of H-pyrrole nitrogens is 1. The van der Waals surface area contributed by atoms with Gasteiger partial charge in [-0.15, -0.1) is 5.10 Å². The molecule has 148 valence electrons. The van der Waals surface area contributed by atoms with E-state index >= 15 is 0 Å². The summed E-state index contributed by atoms with van der Waals surface area (Å²) in [6.45, 7) is 0.674. The van der Waals surface area contributed by atoms with Crippen LogP contribution in [0.2, 0.25) is 0 Å². The number of benzene rings is 2. The second-order valence-electron chi connectivity index (χ2n) is 7.24. The van der Waals surface area contributed by atoms with E-state index in [1.165, 1.54) is 5.56 Å². The summed E-state index contributed by atoms with van der Waals surface area (Å²) in [7, 11) is 0. The fraction of sp³-hybridized carbons (Fsp3) is 0.130. The molecular formula is C23H19N5O2. The molecule has 3 heterocycles. The first-order valence-electron chi connectivity index (χ1n) is 9.81. The number of aromatic amines is 1. The van der Waals surface area contributed by atoms with Gasteiger partial charge in [0.25, 0.3) is 11.8 Å². The first kappa shape index (κ1) is 18.1. The van der Waals surface area contributed by atoms with Crippen LogP contribution in [0.5, 0.6) is 0 Å². The number of carbonyl (C=O) groups excluding carboxylic acids is 2. The number of fused-ring (bicyclic) bond motifs is 1. The molecule has 2 N–H and O–H groups in total. The van der Waals surface area contributed by atoms with E-state index < -0.39 is 11.8 Å². The molecule has 1 aliphatic rings. The molecule has 0 saturated heterocycles. The number of amides is 2. The molecule has 0 saturated carbocycles. The zero-order valence-electron chi connectivity index (χ0n) is 16.1. The molecule has 0 aliphatic carbocycles. The summed E-state index contributed by atoms with van der Waals surface area (Å²) >= 11 is 0. The maximum atomic E-state index is 12.6. The van der Waals surface area contributed by atoms with E-state index in [9.17, 15) is 9.59 Å². The molecule has 30 heavy (non-hydrogen) atoms. The quantitative estimate of drug-likeness (QED) is 0.489. The minimum Gasteiger partial charge on any atom is -0.361 e. The standard InChI is InChI=1S/C23H19N5O2/c29-22-20(17-13-24-18-11-5-4-10-16(17)18)21(23(30)25-22)19-14-28(27-26-19)12-6-9-15-7-2-1-3-8-15/h1-5,7-8,10-11,13-14,24H,6,9,12H2,(H,25,29,30). The molecule has 0 atom stereocenters. The highest BCUT2D eigenvalue weighted by Crippen LogP contribution is 2.34. The topological polar surface area (TPSA) is 92.7 Å². The molecule has 0 bridgehead atoms. The summed E-state index contributed by atoms with van der Waals surface area (Å²) in [5.74, 6) is -0.866. The van der Waals surface area contributed by atoms with Crippen molar-refractivity contribution in [3.63, 3.8) is 0 Å². The lowest BCUT2D eigenvalue weighted by Gasteiger charge is -2.02. The van der Waals surface area contributed by atoms with Crippen LogP contribution in [0.1, 0.15) is 23.2 Å². The first-order valence-corrected chi connectivity index (χ1v) is 9.81. The molecular weight excluding hydrogens is 378 g/mol. The van der Waals surface area contributed by atoms with Crippen molar-refractivity contribution in [1.82, 2.24) is 25.3 Å². The van der Waals surface area contributed by atoms with Gasteiger partial charge in [0.15, 0.2) is 0 Å². The number of imide groups is 1. The van der Waals surface area contributed by atoms with E-state index in [2.05, 4.69) is 32.7 Å². The smallest absolute Gasteiger partial charge is 0.261 e. The van der Waals surface area contributed by atoms with Gasteiger partial charge in [0.05, 0.1) is 17.3 Å². The van der Waals surface area contributed by atoms with E-state index in [-0.39, 0.29) is 5.57 Å². The van der Waals surface area contributed by atoms with Gasteiger partial charge in [0.1, 0.15) is 5.69 Å². The van der Waals surface area contributed by atoms with Gasteiger partial charge in [-0.05, 0) is 24.5 Å². The van der Waals surface area contributed by atoms with Crippen molar-refractivity contribution in [2.24, 2.45) is 0 Å². The van der Waals surface area contributed by atoms with Gasteiger partial charge in [-0.3, -0.25) is 19.6 Å². The van der Waals surface area contributed by atoms with Crippen molar-refractivity contribution in [2.45, 2.75) is 19.4 Å². The largest absolute Gasteiger partial charge is 0.361 e. The molecule has 2 amide bonds. The number of nitrogens with zero attached hydrogens (tertiary/aromatic N) is 3. The van der Waals surface area contributed by atoms with Crippen LogP contribution in [-0.4, -0.2) is 31.8 Å². The van der Waals surface area contributed by atoms with Crippen LogP contribution in [0.25, 0.3) is 22.0 Å². The maximum absolute atomic E-state index is 12.6. The molecule has 5 rings (SSSR count). The average Bonchev–Trinajstić information content (AvgIpc) is 3.46. The Hall–Kier alpha value is -4.00. The number of aryl methyl sites for hydroxylation is 2. The van der Waals surface area contributed by atoms with Crippen LogP contribution < -0.4 is 5.32 Å². The monoisotopic (exact) mass is 397 g/mol. The second kappa shape index (κ2) is 7.44. The molecule has 0 radical (unpaired) electrons. The van der Waals surface area contributed by atoms with Crippen molar-refractivity contribution >= 4 is 33.9 Å². The van der Waals surface area contributed by atoms with E-state index in [4.69, 9.17) is 0 Å². The van der Waals surface area contributed by atoms with Crippen molar-refractivity contribution < 1.29 is 9.59 Å². The Labute approximate surface area is 172 Å². The number of para-hydroxylation sites is 1. The molecule has 4 aromatic rings. The Balaban J connectivity index is 1.44. The minimum absolute atomic E-state index is 0.263. The first-order chi connectivity index (χ1) is 14.7. The summed E-state index contributed by atoms with van der Waals surface area (Å²) in [6.07, 6.45) is 5.31. The van der Waals surface area contributed by atoms with Gasteiger partial charge in [-0.2, -0.15) is 0 Å². The van der Waals surface area contributed by atoms with E-state index in [0.29, 0.717) is 23.4 Å². The Bertz CT molecular complexity index is 1280. The van der Waals surface area contributed by atoms with Gasteiger partial charge in [-0.1, -0.05) is 53.7 Å². The molecule has 0 fully saturated rings. The maximum Gasteiger partial charge on any atom is 0.261 e. The fourth-order valence-corrected chi connectivity index (χ4v) is 3.85. The minimum atomic E-state index is -0.448. The highest BCUT2D eigenvalue weighted by Gasteiger charge is 2.34.